The summed E-state index contributed by atoms with van der Waals surface area (Å²) < 4.78 is 0. The molecule has 0 aliphatic rings. The fraction of sp³-hybridized carbons (Fsp3) is 0.857. The summed E-state index contributed by atoms with van der Waals surface area (Å²) in [5.74, 6) is 0.679. The Morgan fingerprint density at radius 3 is 2.13 bits per heavy atom. The van der Waals surface area contributed by atoms with Crippen LogP contribution in [0.15, 0.2) is 11.6 Å². The van der Waals surface area contributed by atoms with Crippen LogP contribution in [0.1, 0.15) is 48.5 Å². The van der Waals surface area contributed by atoms with Crippen molar-refractivity contribution < 1.29 is 0 Å². The minimum absolute atomic E-state index is 0.398. The molecule has 1 heteroatoms. The van der Waals surface area contributed by atoms with Gasteiger partial charge >= 0.3 is 0 Å². The van der Waals surface area contributed by atoms with Crippen LogP contribution in [0.3, 0.4) is 0 Å². The summed E-state index contributed by atoms with van der Waals surface area (Å²) in [7, 11) is 0. The van der Waals surface area contributed by atoms with Crippen LogP contribution < -0.4 is 0 Å². The zero-order valence-electron chi connectivity index (χ0n) is 11.7. The number of rotatable bonds is 5. The molecule has 0 unspecified atom stereocenters. The summed E-state index contributed by atoms with van der Waals surface area (Å²) >= 11 is 0. The van der Waals surface area contributed by atoms with E-state index in [1.165, 1.54) is 12.1 Å². The van der Waals surface area contributed by atoms with Crippen LogP contribution in [0.25, 0.3) is 0 Å². The third kappa shape index (κ3) is 7.61. The summed E-state index contributed by atoms with van der Waals surface area (Å²) in [6.07, 6.45) is 2.37. The Morgan fingerprint density at radius 2 is 1.80 bits per heavy atom. The number of nitrogens with zero attached hydrogens (tertiary/aromatic N) is 1. The lowest BCUT2D eigenvalue weighted by Crippen LogP contribution is -2.32. The van der Waals surface area contributed by atoms with Gasteiger partial charge in [-0.1, -0.05) is 53.2 Å². The predicted octanol–water partition coefficient (Wildman–Crippen LogP) is 3.96. The average molecular weight is 211 g/mol. The lowest BCUT2D eigenvalue weighted by atomic mass is 9.96. The topological polar surface area (TPSA) is 3.24 Å². The molecule has 0 heterocycles. The minimum atomic E-state index is 0.398. The van der Waals surface area contributed by atoms with E-state index < -0.39 is 0 Å². The Labute approximate surface area is 96.6 Å². The molecule has 0 radical (unpaired) electrons. The Bertz CT molecular complexity index is 196. The molecule has 1 nitrogen and oxygen atoms in total. The van der Waals surface area contributed by atoms with Crippen molar-refractivity contribution >= 4 is 0 Å². The van der Waals surface area contributed by atoms with Gasteiger partial charge in [-0.2, -0.15) is 0 Å². The fourth-order valence-electron chi connectivity index (χ4n) is 1.49. The van der Waals surface area contributed by atoms with E-state index in [9.17, 15) is 0 Å². The molecule has 0 aromatic rings. The quantitative estimate of drug-likeness (QED) is 0.622. The van der Waals surface area contributed by atoms with Crippen molar-refractivity contribution in [2.45, 2.75) is 48.5 Å². The van der Waals surface area contributed by atoms with Crippen LogP contribution in [-0.4, -0.2) is 24.5 Å². The third-order valence-electron chi connectivity index (χ3n) is 2.73. The second-order valence-corrected chi connectivity index (χ2v) is 5.99. The van der Waals surface area contributed by atoms with E-state index in [0.717, 1.165) is 13.1 Å². The van der Waals surface area contributed by atoms with Gasteiger partial charge in [0.2, 0.25) is 0 Å². The van der Waals surface area contributed by atoms with Crippen molar-refractivity contribution in [2.24, 2.45) is 11.3 Å². The molecular formula is C14H29N. The van der Waals surface area contributed by atoms with Crippen LogP contribution in [0, 0.1) is 11.3 Å². The smallest absolute Gasteiger partial charge is 0.0165 e. The Balaban J connectivity index is 4.17. The Morgan fingerprint density at radius 1 is 1.27 bits per heavy atom. The zero-order chi connectivity index (χ0) is 12.1. The minimum Gasteiger partial charge on any atom is -0.299 e. The Kier molecular flexibility index (Phi) is 6.19. The summed E-state index contributed by atoms with van der Waals surface area (Å²) in [6.45, 7) is 19.3. The van der Waals surface area contributed by atoms with Crippen LogP contribution in [-0.2, 0) is 0 Å². The fourth-order valence-corrected chi connectivity index (χ4v) is 1.49. The van der Waals surface area contributed by atoms with Crippen molar-refractivity contribution in [1.29, 1.82) is 0 Å². The maximum atomic E-state index is 2.51. The van der Waals surface area contributed by atoms with Gasteiger partial charge in [-0.3, -0.25) is 4.90 Å². The van der Waals surface area contributed by atoms with E-state index in [4.69, 9.17) is 0 Å². The standard InChI is InChI=1S/C14H29N/c1-8-15(11-14(5,6)7)10-9-13(4)12(2)3/h9,12H,8,10-11H2,1-7H3/b13-9+. The molecule has 0 aromatic carbocycles. The zero-order valence-corrected chi connectivity index (χ0v) is 11.7. The highest BCUT2D eigenvalue weighted by atomic mass is 15.1. The first-order valence-electron chi connectivity index (χ1n) is 6.15. The molecule has 0 aliphatic heterocycles. The van der Waals surface area contributed by atoms with E-state index >= 15 is 0 Å². The number of allylic oxidation sites excluding steroid dienone is 1. The second-order valence-electron chi connectivity index (χ2n) is 5.99. The molecule has 0 bridgehead atoms. The van der Waals surface area contributed by atoms with E-state index in [1.807, 2.05) is 0 Å². The molecule has 0 saturated carbocycles. The van der Waals surface area contributed by atoms with Gasteiger partial charge in [0.05, 0.1) is 0 Å². The molecule has 0 saturated heterocycles. The molecule has 0 spiro atoms. The normalized spacial score (nSPS) is 14.1. The van der Waals surface area contributed by atoms with Crippen molar-refractivity contribution in [2.75, 3.05) is 19.6 Å². The van der Waals surface area contributed by atoms with E-state index in [2.05, 4.69) is 59.4 Å². The molecule has 0 aromatic heterocycles. The molecule has 0 atom stereocenters. The maximum Gasteiger partial charge on any atom is 0.0165 e. The van der Waals surface area contributed by atoms with Crippen LogP contribution in [0.4, 0.5) is 0 Å². The van der Waals surface area contributed by atoms with E-state index in [0.29, 0.717) is 11.3 Å². The number of likely N-dealkylation sites (N-methyl/N-ethyl adjacent to an activating group) is 1. The summed E-state index contributed by atoms with van der Waals surface area (Å²) in [5.41, 5.74) is 1.90. The molecule has 0 N–H and O–H groups in total. The predicted molar refractivity (Wildman–Crippen MR) is 70.2 cm³/mol. The monoisotopic (exact) mass is 211 g/mol. The Hall–Kier alpha value is -0.300. The van der Waals surface area contributed by atoms with Crippen LogP contribution >= 0.6 is 0 Å². The van der Waals surface area contributed by atoms with E-state index in [1.54, 1.807) is 0 Å². The molecule has 0 aliphatic carbocycles. The van der Waals surface area contributed by atoms with Crippen molar-refractivity contribution in [1.82, 2.24) is 4.90 Å². The average Bonchev–Trinajstić information content (AvgIpc) is 2.09. The van der Waals surface area contributed by atoms with Crippen LogP contribution in [0.5, 0.6) is 0 Å². The van der Waals surface area contributed by atoms with Gasteiger partial charge in [0.15, 0.2) is 0 Å². The number of hydrogen-bond acceptors (Lipinski definition) is 1. The molecule has 0 amide bonds. The SMILES string of the molecule is CCN(C/C=C(\C)C(C)C)CC(C)(C)C. The first kappa shape index (κ1) is 14.7. The molecule has 0 fully saturated rings. The molecule has 0 rings (SSSR count). The lowest BCUT2D eigenvalue weighted by Gasteiger charge is -2.28. The van der Waals surface area contributed by atoms with Gasteiger partial charge < -0.3 is 0 Å². The van der Waals surface area contributed by atoms with Crippen molar-refractivity contribution in [3.05, 3.63) is 11.6 Å². The van der Waals surface area contributed by atoms with Crippen LogP contribution in [0.2, 0.25) is 0 Å². The highest BCUT2D eigenvalue weighted by Gasteiger charge is 2.14. The van der Waals surface area contributed by atoms with Gasteiger partial charge in [-0.25, -0.2) is 0 Å². The number of hydrogen-bond donors (Lipinski definition) is 0. The van der Waals surface area contributed by atoms with Gasteiger partial charge in [-0.05, 0) is 24.8 Å². The first-order chi connectivity index (χ1) is 6.76. The lowest BCUT2D eigenvalue weighted by molar-refractivity contribution is 0.216. The highest BCUT2D eigenvalue weighted by Crippen LogP contribution is 2.15. The highest BCUT2D eigenvalue weighted by molar-refractivity contribution is 5.02. The van der Waals surface area contributed by atoms with E-state index in [-0.39, 0.29) is 0 Å². The summed E-state index contributed by atoms with van der Waals surface area (Å²) in [6, 6.07) is 0. The van der Waals surface area contributed by atoms with Crippen molar-refractivity contribution in [3.8, 4) is 0 Å². The van der Waals surface area contributed by atoms with Crippen molar-refractivity contribution in [3.63, 3.8) is 0 Å². The van der Waals surface area contributed by atoms with Gasteiger partial charge in [0.1, 0.15) is 0 Å². The largest absolute Gasteiger partial charge is 0.299 e. The maximum absolute atomic E-state index is 2.51. The molecular weight excluding hydrogens is 182 g/mol. The van der Waals surface area contributed by atoms with Gasteiger partial charge in [0.25, 0.3) is 0 Å². The van der Waals surface area contributed by atoms with Gasteiger partial charge in [0, 0.05) is 13.1 Å². The third-order valence-corrected chi connectivity index (χ3v) is 2.73. The summed E-state index contributed by atoms with van der Waals surface area (Å²) in [4.78, 5) is 2.51. The van der Waals surface area contributed by atoms with Gasteiger partial charge in [-0.15, -0.1) is 0 Å². The second kappa shape index (κ2) is 6.32. The molecule has 90 valence electrons. The molecule has 15 heavy (non-hydrogen) atoms. The first-order valence-corrected chi connectivity index (χ1v) is 6.15. The summed E-state index contributed by atoms with van der Waals surface area (Å²) in [5, 5.41) is 0.